The average Bonchev–Trinajstić information content (AvgIpc) is 3.16. The monoisotopic (exact) mass is 816 g/mol. The van der Waals surface area contributed by atoms with Crippen LogP contribution in [0.25, 0.3) is 12.2 Å². The molecular formula is C40H32O19. The van der Waals surface area contributed by atoms with Crippen LogP contribution in [0.1, 0.15) is 39.9 Å². The summed E-state index contributed by atoms with van der Waals surface area (Å²) in [5, 5.41) is 103. The van der Waals surface area contributed by atoms with Crippen molar-refractivity contribution >= 4 is 35.8 Å². The predicted molar refractivity (Wildman–Crippen MR) is 194 cm³/mol. The van der Waals surface area contributed by atoms with Crippen molar-refractivity contribution in [2.45, 2.75) is 48.3 Å². The van der Waals surface area contributed by atoms with Crippen LogP contribution in [0.5, 0.6) is 51.7 Å². The summed E-state index contributed by atoms with van der Waals surface area (Å²) in [7, 11) is 0. The van der Waals surface area contributed by atoms with Gasteiger partial charge in [-0.25, -0.2) is 14.4 Å². The van der Waals surface area contributed by atoms with Crippen LogP contribution in [-0.2, 0) is 29.6 Å². The molecule has 4 aromatic carbocycles. The Hall–Kier alpha value is -7.48. The van der Waals surface area contributed by atoms with E-state index in [1.165, 1.54) is 36.4 Å². The topological polar surface area (TPSA) is 317 Å². The summed E-state index contributed by atoms with van der Waals surface area (Å²) in [6, 6.07) is 12.4. The van der Waals surface area contributed by atoms with Gasteiger partial charge < -0.3 is 74.7 Å². The van der Waals surface area contributed by atoms with Gasteiger partial charge in [0.05, 0.1) is 6.10 Å². The van der Waals surface area contributed by atoms with Crippen LogP contribution in [0.15, 0.2) is 78.9 Å². The van der Waals surface area contributed by atoms with Gasteiger partial charge in [-0.3, -0.25) is 4.79 Å². The molecule has 0 bridgehead atoms. The molecule has 4 aromatic rings. The Balaban J connectivity index is 1.13. The lowest BCUT2D eigenvalue weighted by atomic mass is 9.79. The van der Waals surface area contributed by atoms with Crippen LogP contribution in [0.3, 0.4) is 0 Å². The molecule has 0 saturated heterocycles. The zero-order valence-electron chi connectivity index (χ0n) is 30.0. The number of phenolic OH excluding ortho intramolecular Hbond substituents is 6. The average molecular weight is 817 g/mol. The highest BCUT2D eigenvalue weighted by molar-refractivity contribution is 6.08. The highest BCUT2D eigenvalue weighted by atomic mass is 16.8. The molecule has 7 rings (SSSR count). The fraction of sp³-hybridized carbons (Fsp3) is 0.200. The van der Waals surface area contributed by atoms with Crippen molar-refractivity contribution < 1.29 is 93.9 Å². The molecule has 306 valence electrons. The molecule has 19 nitrogen and oxygen atoms in total. The van der Waals surface area contributed by atoms with Gasteiger partial charge in [0, 0.05) is 42.7 Å². The molecule has 59 heavy (non-hydrogen) atoms. The number of ketones is 1. The Bertz CT molecular complexity index is 2480. The van der Waals surface area contributed by atoms with Crippen molar-refractivity contribution in [3.63, 3.8) is 0 Å². The highest BCUT2D eigenvalue weighted by Crippen LogP contribution is 2.55. The first-order valence-corrected chi connectivity index (χ1v) is 17.3. The number of phenols is 6. The standard InChI is InChI=1S/C40H32O19/c41-21-14-26(46)34-30(15-21)59-40(20-5-7-23(43)25(45)13-20)39(54,36(34)50)57-29-12-19(2-8-28(29)58-40)4-10-33(49)56-35-27(47)16-38(53,37(51)52)17-31(35)55-32(48)9-3-18-1-6-22(42)24(44)11-18/h1-15,27,31,35,41-47,53-54H,16-17H2,(H,51,52)/b9-3+,10-4+/t27-,31-,35-,38+,39?,40?/m1/s1. The summed E-state index contributed by atoms with van der Waals surface area (Å²) in [5.74, 6) is -15.5. The van der Waals surface area contributed by atoms with E-state index in [1.54, 1.807) is 0 Å². The van der Waals surface area contributed by atoms with Crippen molar-refractivity contribution in [2.75, 3.05) is 0 Å². The molecule has 2 unspecified atom stereocenters. The number of fused-ring (bicyclic) bond motifs is 3. The Labute approximate surface area is 330 Å². The SMILES string of the molecule is O=C(/C=C/c1ccc2c(c1)OC1(O)C(=O)c3c(O)cc(O)cc3OC1(c1ccc(O)c(O)c1)O2)O[C@@H]1[C@H](O)C[C@@](O)(C(=O)O)C[C@H]1OC(=O)/C=C/c1ccc(O)c(O)c1. The fourth-order valence-electron chi connectivity index (χ4n) is 6.80. The van der Waals surface area contributed by atoms with Crippen molar-refractivity contribution in [2.24, 2.45) is 0 Å². The number of hydrogen-bond acceptors (Lipinski definition) is 18. The van der Waals surface area contributed by atoms with Gasteiger partial charge in [-0.15, -0.1) is 0 Å². The maximum Gasteiger partial charge on any atom is 0.357 e. The number of esters is 2. The number of hydrogen-bond donors (Lipinski definition) is 10. The van der Waals surface area contributed by atoms with E-state index in [9.17, 15) is 70.2 Å². The summed E-state index contributed by atoms with van der Waals surface area (Å²) in [4.78, 5) is 51.6. The van der Waals surface area contributed by atoms with E-state index in [-0.39, 0.29) is 28.2 Å². The molecule has 0 spiro atoms. The number of benzene rings is 4. The number of carbonyl (C=O) groups excluding carboxylic acids is 3. The van der Waals surface area contributed by atoms with E-state index in [0.717, 1.165) is 54.6 Å². The largest absolute Gasteiger partial charge is 0.508 e. The number of aliphatic hydroxyl groups excluding tert-OH is 1. The molecule has 1 saturated carbocycles. The number of carbonyl (C=O) groups is 4. The number of Topliss-reactive ketones (excluding diaryl/α,β-unsaturated/α-hetero) is 1. The Morgan fingerprint density at radius 3 is 1.93 bits per heavy atom. The lowest BCUT2D eigenvalue weighted by Gasteiger charge is -2.50. The predicted octanol–water partition coefficient (Wildman–Crippen LogP) is 2.03. The Kier molecular flexibility index (Phi) is 9.75. The van der Waals surface area contributed by atoms with Crippen LogP contribution < -0.4 is 14.2 Å². The third kappa shape index (κ3) is 7.09. The first-order valence-electron chi connectivity index (χ1n) is 17.3. The molecule has 2 aliphatic heterocycles. The summed E-state index contributed by atoms with van der Waals surface area (Å²) >= 11 is 0. The normalized spacial score (nSPS) is 25.7. The quantitative estimate of drug-likeness (QED) is 0.0691. The third-order valence-corrected chi connectivity index (χ3v) is 9.71. The molecule has 0 amide bonds. The van der Waals surface area contributed by atoms with Gasteiger partial charge in [0.15, 0.2) is 46.2 Å². The number of carboxylic acid groups (broad SMARTS) is 1. The number of carboxylic acids is 1. The summed E-state index contributed by atoms with van der Waals surface area (Å²) in [6.45, 7) is 0. The van der Waals surface area contributed by atoms with Gasteiger partial charge in [0.2, 0.25) is 0 Å². The maximum absolute atomic E-state index is 14.0. The van der Waals surface area contributed by atoms with Crippen molar-refractivity contribution in [1.82, 2.24) is 0 Å². The van der Waals surface area contributed by atoms with Gasteiger partial charge in [-0.2, -0.15) is 0 Å². The first kappa shape index (κ1) is 39.7. The van der Waals surface area contributed by atoms with E-state index in [1.807, 2.05) is 0 Å². The molecule has 0 radical (unpaired) electrons. The number of ether oxygens (including phenoxy) is 5. The maximum atomic E-state index is 14.0. The molecule has 19 heteroatoms. The number of aromatic hydroxyl groups is 6. The van der Waals surface area contributed by atoms with Gasteiger partial charge in [0.25, 0.3) is 5.78 Å². The second-order valence-corrected chi connectivity index (χ2v) is 13.7. The summed E-state index contributed by atoms with van der Waals surface area (Å²) in [5.41, 5.74) is -3.01. The minimum Gasteiger partial charge on any atom is -0.508 e. The highest BCUT2D eigenvalue weighted by Gasteiger charge is 2.71. The van der Waals surface area contributed by atoms with Gasteiger partial charge in [0.1, 0.15) is 28.9 Å². The van der Waals surface area contributed by atoms with Crippen LogP contribution in [-0.4, -0.2) is 104 Å². The van der Waals surface area contributed by atoms with Crippen LogP contribution in [0, 0.1) is 0 Å². The number of aliphatic hydroxyl groups is 3. The van der Waals surface area contributed by atoms with Crippen LogP contribution in [0.2, 0.25) is 0 Å². The van der Waals surface area contributed by atoms with Crippen LogP contribution in [0.4, 0.5) is 0 Å². The first-order chi connectivity index (χ1) is 27.8. The molecule has 1 fully saturated rings. The van der Waals surface area contributed by atoms with E-state index in [0.29, 0.717) is 0 Å². The summed E-state index contributed by atoms with van der Waals surface area (Å²) < 4.78 is 28.6. The zero-order valence-corrected chi connectivity index (χ0v) is 30.0. The van der Waals surface area contributed by atoms with Gasteiger partial charge in [-0.05, 0) is 65.7 Å². The molecule has 2 heterocycles. The van der Waals surface area contributed by atoms with Gasteiger partial charge >= 0.3 is 29.5 Å². The molecule has 10 N–H and O–H groups in total. The molecule has 0 aromatic heterocycles. The molecule has 6 atom stereocenters. The lowest BCUT2D eigenvalue weighted by Crippen LogP contribution is -2.70. The minimum atomic E-state index is -3.16. The van der Waals surface area contributed by atoms with Crippen molar-refractivity contribution in [3.05, 3.63) is 101 Å². The Morgan fingerprint density at radius 2 is 1.27 bits per heavy atom. The Morgan fingerprint density at radius 1 is 0.661 bits per heavy atom. The second-order valence-electron chi connectivity index (χ2n) is 13.7. The van der Waals surface area contributed by atoms with Gasteiger partial charge in [-0.1, -0.05) is 12.1 Å². The van der Waals surface area contributed by atoms with Crippen LogP contribution >= 0.6 is 0 Å². The van der Waals surface area contributed by atoms with Crippen molar-refractivity contribution in [1.29, 1.82) is 0 Å². The summed E-state index contributed by atoms with van der Waals surface area (Å²) in [6.07, 6.45) is -2.71. The van der Waals surface area contributed by atoms with E-state index >= 15 is 0 Å². The molecule has 1 aliphatic carbocycles. The zero-order chi connectivity index (χ0) is 42.6. The van der Waals surface area contributed by atoms with E-state index < -0.39 is 118 Å². The third-order valence-electron chi connectivity index (χ3n) is 9.71. The minimum absolute atomic E-state index is 0.151. The van der Waals surface area contributed by atoms with Crippen molar-refractivity contribution in [3.8, 4) is 51.7 Å². The van der Waals surface area contributed by atoms with E-state index in [2.05, 4.69) is 0 Å². The molecule has 3 aliphatic rings. The van der Waals surface area contributed by atoms with E-state index in [4.69, 9.17) is 23.7 Å². The molecular weight excluding hydrogens is 784 g/mol. The lowest BCUT2D eigenvalue weighted by molar-refractivity contribution is -0.316. The number of rotatable bonds is 8. The fourth-order valence-corrected chi connectivity index (χ4v) is 6.80. The second kappa shape index (κ2) is 14.5. The number of aliphatic carboxylic acids is 1. The smallest absolute Gasteiger partial charge is 0.357 e.